The number of carbonyl (C=O) groups is 2. The molecule has 0 amide bonds. The first-order chi connectivity index (χ1) is 30.8. The van der Waals surface area contributed by atoms with E-state index in [9.17, 15) is 63.1 Å². The van der Waals surface area contributed by atoms with Crippen molar-refractivity contribution in [3.05, 3.63) is 12.2 Å². The molecule has 0 bridgehead atoms. The van der Waals surface area contributed by atoms with Crippen LogP contribution in [0.2, 0.25) is 0 Å². The Balaban J connectivity index is 2.73. The maximum Gasteiger partial charge on any atom is 0.472 e. The summed E-state index contributed by atoms with van der Waals surface area (Å²) in [7, 11) is -16.6. The fraction of sp³-hybridized carbons (Fsp3) is 0.907. The van der Waals surface area contributed by atoms with Crippen LogP contribution in [0.3, 0.4) is 0 Å². The SMILES string of the molecule is CCCCCCCCC=CCCCCCCCC(=O)OCC(COP(=O)(O)OC1C(O)C(O)C(OP(=O)(O)O)C(OP(=O)(O)O)C1O)OC(=O)CCCCCCCCCCCCCCC. The third kappa shape index (κ3) is 32.4. The Hall–Kier alpha value is -1.11. The van der Waals surface area contributed by atoms with Gasteiger partial charge in [0.15, 0.2) is 6.10 Å². The number of aliphatic hydroxyl groups excluding tert-OH is 3. The predicted octanol–water partition coefficient (Wildman–Crippen LogP) is 8.51. The normalized spacial score (nSPS) is 21.9. The van der Waals surface area contributed by atoms with Crippen molar-refractivity contribution < 1.29 is 90.6 Å². The molecule has 8 N–H and O–H groups in total. The van der Waals surface area contributed by atoms with Crippen molar-refractivity contribution in [2.75, 3.05) is 13.2 Å². The first-order valence-electron chi connectivity index (χ1n) is 24.0. The van der Waals surface area contributed by atoms with Crippen LogP contribution in [0, 0.1) is 0 Å². The van der Waals surface area contributed by atoms with Gasteiger partial charge in [0.2, 0.25) is 0 Å². The number of aliphatic hydroxyl groups is 3. The summed E-state index contributed by atoms with van der Waals surface area (Å²) >= 11 is 0. The van der Waals surface area contributed by atoms with Crippen LogP contribution in [0.4, 0.5) is 0 Å². The largest absolute Gasteiger partial charge is 0.472 e. The quantitative estimate of drug-likeness (QED) is 0.0123. The van der Waals surface area contributed by atoms with Gasteiger partial charge in [-0.25, -0.2) is 13.7 Å². The molecule has 0 aromatic heterocycles. The number of phosphoric acid groups is 3. The fourth-order valence-electron chi connectivity index (χ4n) is 7.46. The second-order valence-corrected chi connectivity index (χ2v) is 20.8. The summed E-state index contributed by atoms with van der Waals surface area (Å²) in [5, 5.41) is 31.8. The molecule has 384 valence electrons. The number of hydrogen-bond donors (Lipinski definition) is 8. The maximum atomic E-state index is 13.1. The lowest BCUT2D eigenvalue weighted by molar-refractivity contribution is -0.213. The van der Waals surface area contributed by atoms with Crippen LogP contribution in [0.1, 0.15) is 194 Å². The highest BCUT2D eigenvalue weighted by atomic mass is 31.2. The maximum absolute atomic E-state index is 13.1. The Kier molecular flexibility index (Phi) is 34.2. The third-order valence-corrected chi connectivity index (χ3v) is 13.1. The monoisotopic (exact) mass is 996 g/mol. The Morgan fingerprint density at radius 3 is 1.28 bits per heavy atom. The van der Waals surface area contributed by atoms with E-state index in [1.165, 1.54) is 89.9 Å². The summed E-state index contributed by atoms with van der Waals surface area (Å²) in [4.78, 5) is 73.1. The van der Waals surface area contributed by atoms with E-state index in [-0.39, 0.29) is 12.8 Å². The lowest BCUT2D eigenvalue weighted by Gasteiger charge is -2.44. The molecular weight excluding hydrogens is 913 g/mol. The van der Waals surface area contributed by atoms with Crippen LogP contribution < -0.4 is 0 Å². The Bertz CT molecular complexity index is 1420. The van der Waals surface area contributed by atoms with Crippen LogP contribution in [-0.2, 0) is 50.9 Å². The van der Waals surface area contributed by atoms with Crippen LogP contribution in [0.5, 0.6) is 0 Å². The number of esters is 2. The summed E-state index contributed by atoms with van der Waals surface area (Å²) in [5.74, 6) is -1.30. The molecule has 65 heavy (non-hydrogen) atoms. The van der Waals surface area contributed by atoms with E-state index >= 15 is 0 Å². The van der Waals surface area contributed by atoms with E-state index in [0.717, 1.165) is 64.2 Å². The zero-order valence-electron chi connectivity index (χ0n) is 38.8. The van der Waals surface area contributed by atoms with Gasteiger partial charge in [-0.2, -0.15) is 0 Å². The van der Waals surface area contributed by atoms with Crippen LogP contribution >= 0.6 is 23.5 Å². The van der Waals surface area contributed by atoms with E-state index < -0.39 is 91.3 Å². The Labute approximate surface area is 386 Å². The smallest absolute Gasteiger partial charge is 0.462 e. The topological polar surface area (TPSA) is 303 Å². The van der Waals surface area contributed by atoms with Crippen LogP contribution in [-0.4, -0.2) is 108 Å². The summed E-state index contributed by atoms with van der Waals surface area (Å²) < 4.78 is 65.4. The molecule has 0 radical (unpaired) electrons. The minimum Gasteiger partial charge on any atom is -0.462 e. The molecule has 1 aliphatic rings. The van der Waals surface area contributed by atoms with Crippen molar-refractivity contribution in [3.63, 3.8) is 0 Å². The Morgan fingerprint density at radius 1 is 0.477 bits per heavy atom. The number of hydrogen-bond acceptors (Lipinski definition) is 14. The first-order valence-corrected chi connectivity index (χ1v) is 28.5. The van der Waals surface area contributed by atoms with Crippen LogP contribution in [0.15, 0.2) is 12.2 Å². The van der Waals surface area contributed by atoms with Gasteiger partial charge in [0, 0.05) is 12.8 Å². The van der Waals surface area contributed by atoms with Gasteiger partial charge >= 0.3 is 35.4 Å². The number of carbonyl (C=O) groups excluding carboxylic acids is 2. The van der Waals surface area contributed by atoms with E-state index in [0.29, 0.717) is 12.8 Å². The second-order valence-electron chi connectivity index (χ2n) is 17.0. The van der Waals surface area contributed by atoms with Gasteiger partial charge in [-0.15, -0.1) is 0 Å². The van der Waals surface area contributed by atoms with Gasteiger partial charge in [-0.05, 0) is 38.5 Å². The van der Waals surface area contributed by atoms with Crippen molar-refractivity contribution in [3.8, 4) is 0 Å². The number of ether oxygens (including phenoxy) is 2. The third-order valence-electron chi connectivity index (χ3n) is 11.1. The molecule has 19 nitrogen and oxygen atoms in total. The van der Waals surface area contributed by atoms with Gasteiger partial charge in [-0.1, -0.05) is 154 Å². The Morgan fingerprint density at radius 2 is 0.846 bits per heavy atom. The summed E-state index contributed by atoms with van der Waals surface area (Å²) in [6.45, 7) is 2.94. The highest BCUT2D eigenvalue weighted by Gasteiger charge is 2.56. The highest BCUT2D eigenvalue weighted by molar-refractivity contribution is 7.47. The van der Waals surface area contributed by atoms with Gasteiger partial charge in [-0.3, -0.25) is 27.7 Å². The molecule has 1 rings (SSSR count). The molecule has 8 unspecified atom stereocenters. The van der Waals surface area contributed by atoms with Gasteiger partial charge in [0.05, 0.1) is 6.61 Å². The standard InChI is InChI=1S/C43H83O19P3/c1-3-5-7-9-11-13-15-17-18-20-21-23-25-27-29-31-36(44)57-33-35(59-37(45)32-30-28-26-24-22-19-16-14-12-10-8-6-4-2)34-58-65(55,56)62-41-38(46)39(47)42(60-63(49,50)51)43(40(41)48)61-64(52,53)54/h17-18,35,38-43,46-48H,3-16,19-34H2,1-2H3,(H,55,56)(H2,49,50,51)(H2,52,53,54). The number of rotatable bonds is 41. The summed E-state index contributed by atoms with van der Waals surface area (Å²) in [6.07, 6.45) is 16.6. The van der Waals surface area contributed by atoms with E-state index in [1.807, 2.05) is 0 Å². The van der Waals surface area contributed by atoms with Crippen molar-refractivity contribution in [2.24, 2.45) is 0 Å². The second kappa shape index (κ2) is 35.9. The number of unbranched alkanes of at least 4 members (excludes halogenated alkanes) is 23. The molecule has 8 atom stereocenters. The highest BCUT2D eigenvalue weighted by Crippen LogP contribution is 2.51. The summed E-state index contributed by atoms with van der Waals surface area (Å²) in [6, 6.07) is 0. The minimum absolute atomic E-state index is 0.00155. The predicted molar refractivity (Wildman–Crippen MR) is 243 cm³/mol. The van der Waals surface area contributed by atoms with E-state index in [4.69, 9.17) is 18.5 Å². The molecule has 0 aliphatic heterocycles. The van der Waals surface area contributed by atoms with Crippen molar-refractivity contribution in [1.29, 1.82) is 0 Å². The molecule has 0 heterocycles. The first kappa shape index (κ1) is 61.9. The van der Waals surface area contributed by atoms with Crippen molar-refractivity contribution in [2.45, 2.75) is 236 Å². The van der Waals surface area contributed by atoms with Gasteiger partial charge in [0.25, 0.3) is 0 Å². The lowest BCUT2D eigenvalue weighted by Crippen LogP contribution is -2.65. The van der Waals surface area contributed by atoms with Crippen LogP contribution in [0.25, 0.3) is 0 Å². The van der Waals surface area contributed by atoms with Gasteiger partial charge < -0.3 is 49.3 Å². The molecule has 1 aliphatic carbocycles. The molecule has 0 saturated heterocycles. The molecule has 1 fully saturated rings. The average Bonchev–Trinajstić information content (AvgIpc) is 3.23. The molecule has 1 saturated carbocycles. The van der Waals surface area contributed by atoms with Gasteiger partial charge in [0.1, 0.15) is 43.2 Å². The molecule has 0 spiro atoms. The summed E-state index contributed by atoms with van der Waals surface area (Å²) in [5.41, 5.74) is 0. The lowest BCUT2D eigenvalue weighted by atomic mass is 9.85. The molecule has 0 aromatic carbocycles. The zero-order valence-corrected chi connectivity index (χ0v) is 41.5. The van der Waals surface area contributed by atoms with E-state index in [2.05, 4.69) is 35.0 Å². The molecule has 22 heteroatoms. The van der Waals surface area contributed by atoms with E-state index in [1.54, 1.807) is 0 Å². The molecule has 0 aromatic rings. The fourth-order valence-corrected chi connectivity index (χ4v) is 9.56. The number of phosphoric ester groups is 3. The molecular formula is C43H83O19P3. The minimum atomic E-state index is -5.60. The van der Waals surface area contributed by atoms with Crippen molar-refractivity contribution in [1.82, 2.24) is 0 Å². The zero-order chi connectivity index (χ0) is 48.6. The van der Waals surface area contributed by atoms with Crippen molar-refractivity contribution >= 4 is 35.4 Å². The average molecular weight is 997 g/mol. The number of allylic oxidation sites excluding steroid dienone is 2.